The minimum atomic E-state index is -0.621. The summed E-state index contributed by atoms with van der Waals surface area (Å²) in [5.74, 6) is 1.43. The van der Waals surface area contributed by atoms with Crippen LogP contribution in [0.5, 0.6) is 5.75 Å². The number of amides is 1. The highest BCUT2D eigenvalue weighted by Gasteiger charge is 2.26. The minimum Gasteiger partial charge on any atom is -0.481 e. The summed E-state index contributed by atoms with van der Waals surface area (Å²) < 4.78 is 11.2. The number of hydrogen-bond acceptors (Lipinski definition) is 5. The largest absolute Gasteiger partial charge is 0.481 e. The van der Waals surface area contributed by atoms with E-state index >= 15 is 0 Å². The van der Waals surface area contributed by atoms with Crippen molar-refractivity contribution in [1.82, 2.24) is 15.0 Å². The van der Waals surface area contributed by atoms with Crippen molar-refractivity contribution in [3.63, 3.8) is 0 Å². The highest BCUT2D eigenvalue weighted by Crippen LogP contribution is 2.19. The van der Waals surface area contributed by atoms with Gasteiger partial charge in [0.1, 0.15) is 12.3 Å². The Morgan fingerprint density at radius 1 is 1.07 bits per heavy atom. The standard InChI is InChI=1S/C22H25N3O3/c1-15(2)25(22(26)17(4)27-19-8-6-5-7-9-19)14-20-23-21(24-28-20)18-12-10-16(3)11-13-18/h5-13,15,17H,14H2,1-4H3/t17-/m0/s1. The lowest BCUT2D eigenvalue weighted by atomic mass is 10.1. The normalized spacial score (nSPS) is 12.0. The van der Waals surface area contributed by atoms with Crippen LogP contribution in [0.1, 0.15) is 32.2 Å². The van der Waals surface area contributed by atoms with Gasteiger partial charge in [-0.15, -0.1) is 0 Å². The van der Waals surface area contributed by atoms with Crippen LogP contribution in [0.2, 0.25) is 0 Å². The number of benzene rings is 2. The van der Waals surface area contributed by atoms with Gasteiger partial charge < -0.3 is 14.2 Å². The maximum absolute atomic E-state index is 12.9. The molecule has 0 spiro atoms. The number of hydrogen-bond donors (Lipinski definition) is 0. The molecule has 0 N–H and O–H groups in total. The van der Waals surface area contributed by atoms with Gasteiger partial charge in [0.05, 0.1) is 0 Å². The van der Waals surface area contributed by atoms with Gasteiger partial charge in [0.25, 0.3) is 5.91 Å². The summed E-state index contributed by atoms with van der Waals surface area (Å²) in [6.45, 7) is 7.90. The van der Waals surface area contributed by atoms with Crippen molar-refractivity contribution < 1.29 is 14.1 Å². The molecule has 1 atom stereocenters. The third-order valence-corrected chi connectivity index (χ3v) is 4.39. The Balaban J connectivity index is 1.70. The van der Waals surface area contributed by atoms with Gasteiger partial charge in [-0.05, 0) is 39.8 Å². The number of ether oxygens (including phenoxy) is 1. The fourth-order valence-corrected chi connectivity index (χ4v) is 2.79. The van der Waals surface area contributed by atoms with Crippen LogP contribution >= 0.6 is 0 Å². The van der Waals surface area contributed by atoms with Crippen LogP contribution in [0.25, 0.3) is 11.4 Å². The zero-order valence-electron chi connectivity index (χ0n) is 16.6. The first-order valence-corrected chi connectivity index (χ1v) is 9.36. The summed E-state index contributed by atoms with van der Waals surface area (Å²) in [5, 5.41) is 4.05. The highest BCUT2D eigenvalue weighted by molar-refractivity contribution is 5.81. The summed E-state index contributed by atoms with van der Waals surface area (Å²) in [6.07, 6.45) is -0.621. The molecule has 6 nitrogen and oxygen atoms in total. The van der Waals surface area contributed by atoms with Crippen molar-refractivity contribution >= 4 is 5.91 Å². The number of carbonyl (C=O) groups excluding carboxylic acids is 1. The number of aromatic nitrogens is 2. The number of para-hydroxylation sites is 1. The first-order chi connectivity index (χ1) is 13.4. The van der Waals surface area contributed by atoms with E-state index in [0.29, 0.717) is 17.5 Å². The van der Waals surface area contributed by atoms with Gasteiger partial charge in [0.15, 0.2) is 6.10 Å². The van der Waals surface area contributed by atoms with Gasteiger partial charge >= 0.3 is 0 Å². The van der Waals surface area contributed by atoms with E-state index in [1.807, 2.05) is 75.4 Å². The second-order valence-electron chi connectivity index (χ2n) is 7.01. The van der Waals surface area contributed by atoms with Crippen LogP contribution in [0, 0.1) is 6.92 Å². The van der Waals surface area contributed by atoms with Crippen LogP contribution in [0.4, 0.5) is 0 Å². The van der Waals surface area contributed by atoms with Gasteiger partial charge in [-0.3, -0.25) is 4.79 Å². The summed E-state index contributed by atoms with van der Waals surface area (Å²) in [5.41, 5.74) is 2.04. The molecule has 1 heterocycles. The van der Waals surface area contributed by atoms with E-state index < -0.39 is 6.10 Å². The minimum absolute atomic E-state index is 0.0379. The van der Waals surface area contributed by atoms with Gasteiger partial charge in [0.2, 0.25) is 11.7 Å². The van der Waals surface area contributed by atoms with E-state index in [2.05, 4.69) is 10.1 Å². The number of aryl methyl sites for hydroxylation is 1. The third kappa shape index (κ3) is 4.76. The summed E-state index contributed by atoms with van der Waals surface area (Å²) in [6, 6.07) is 17.2. The Morgan fingerprint density at radius 3 is 2.39 bits per heavy atom. The summed E-state index contributed by atoms with van der Waals surface area (Å²) in [4.78, 5) is 19.0. The topological polar surface area (TPSA) is 68.5 Å². The first-order valence-electron chi connectivity index (χ1n) is 9.36. The van der Waals surface area contributed by atoms with E-state index in [1.165, 1.54) is 0 Å². The fourth-order valence-electron chi connectivity index (χ4n) is 2.79. The molecule has 0 aliphatic carbocycles. The molecular weight excluding hydrogens is 354 g/mol. The predicted octanol–water partition coefficient (Wildman–Crippen LogP) is 4.25. The van der Waals surface area contributed by atoms with E-state index in [4.69, 9.17) is 9.26 Å². The lowest BCUT2D eigenvalue weighted by Gasteiger charge is -2.28. The number of carbonyl (C=O) groups is 1. The van der Waals surface area contributed by atoms with Crippen molar-refractivity contribution in [2.75, 3.05) is 0 Å². The lowest BCUT2D eigenvalue weighted by molar-refractivity contribution is -0.140. The molecule has 0 bridgehead atoms. The molecule has 146 valence electrons. The van der Waals surface area contributed by atoms with E-state index in [1.54, 1.807) is 11.8 Å². The maximum Gasteiger partial charge on any atom is 0.264 e. The Hall–Kier alpha value is -3.15. The molecule has 3 aromatic rings. The first kappa shape index (κ1) is 19.6. The predicted molar refractivity (Wildman–Crippen MR) is 107 cm³/mol. The van der Waals surface area contributed by atoms with Gasteiger partial charge in [0, 0.05) is 11.6 Å². The molecule has 2 aromatic carbocycles. The Bertz CT molecular complexity index is 904. The van der Waals surface area contributed by atoms with E-state index in [-0.39, 0.29) is 18.5 Å². The molecule has 3 rings (SSSR count). The molecule has 0 aliphatic heterocycles. The molecule has 0 radical (unpaired) electrons. The zero-order valence-corrected chi connectivity index (χ0v) is 16.6. The third-order valence-electron chi connectivity index (χ3n) is 4.39. The van der Waals surface area contributed by atoms with Gasteiger partial charge in [-0.25, -0.2) is 0 Å². The maximum atomic E-state index is 12.9. The second-order valence-corrected chi connectivity index (χ2v) is 7.01. The molecule has 0 saturated heterocycles. The summed E-state index contributed by atoms with van der Waals surface area (Å²) >= 11 is 0. The average molecular weight is 379 g/mol. The molecule has 6 heteroatoms. The van der Waals surface area contributed by atoms with Crippen molar-refractivity contribution in [2.45, 2.75) is 46.4 Å². The van der Waals surface area contributed by atoms with Crippen molar-refractivity contribution in [3.8, 4) is 17.1 Å². The Kier molecular flexibility index (Phi) is 6.09. The van der Waals surface area contributed by atoms with E-state index in [9.17, 15) is 4.79 Å². The second kappa shape index (κ2) is 8.69. The molecule has 1 aromatic heterocycles. The Morgan fingerprint density at radius 2 is 1.75 bits per heavy atom. The SMILES string of the molecule is Cc1ccc(-c2noc(CN(C(=O)[C@H](C)Oc3ccccc3)C(C)C)n2)cc1. The van der Waals surface area contributed by atoms with Crippen LogP contribution < -0.4 is 4.74 Å². The molecule has 1 amide bonds. The van der Waals surface area contributed by atoms with Crippen LogP contribution in [-0.4, -0.2) is 33.1 Å². The monoisotopic (exact) mass is 379 g/mol. The van der Waals surface area contributed by atoms with Crippen LogP contribution in [0.15, 0.2) is 59.1 Å². The molecular formula is C22H25N3O3. The van der Waals surface area contributed by atoms with Crippen LogP contribution in [-0.2, 0) is 11.3 Å². The fraction of sp³-hybridized carbons (Fsp3) is 0.318. The Labute approximate surface area is 165 Å². The van der Waals surface area contributed by atoms with Gasteiger partial charge in [-0.2, -0.15) is 4.98 Å². The molecule has 0 fully saturated rings. The van der Waals surface area contributed by atoms with E-state index in [0.717, 1.165) is 11.1 Å². The van der Waals surface area contributed by atoms with Crippen molar-refractivity contribution in [1.29, 1.82) is 0 Å². The summed E-state index contributed by atoms with van der Waals surface area (Å²) in [7, 11) is 0. The molecule has 0 saturated carbocycles. The van der Waals surface area contributed by atoms with Crippen molar-refractivity contribution in [2.24, 2.45) is 0 Å². The van der Waals surface area contributed by atoms with Crippen LogP contribution in [0.3, 0.4) is 0 Å². The zero-order chi connectivity index (χ0) is 20.1. The van der Waals surface area contributed by atoms with Crippen molar-refractivity contribution in [3.05, 3.63) is 66.1 Å². The average Bonchev–Trinajstić information content (AvgIpc) is 3.15. The smallest absolute Gasteiger partial charge is 0.264 e. The highest BCUT2D eigenvalue weighted by atomic mass is 16.5. The van der Waals surface area contributed by atoms with Gasteiger partial charge in [-0.1, -0.05) is 53.2 Å². The molecule has 0 unspecified atom stereocenters. The molecule has 0 aliphatic rings. The number of rotatable bonds is 7. The molecule has 28 heavy (non-hydrogen) atoms. The number of nitrogens with zero attached hydrogens (tertiary/aromatic N) is 3. The quantitative estimate of drug-likeness (QED) is 0.614. The lowest BCUT2D eigenvalue weighted by Crippen LogP contribution is -2.43.